The van der Waals surface area contributed by atoms with Crippen LogP contribution in [0.15, 0.2) is 41.3 Å². The van der Waals surface area contributed by atoms with E-state index in [1.807, 2.05) is 0 Å². The summed E-state index contributed by atoms with van der Waals surface area (Å²) in [5.41, 5.74) is 0.856. The Hall–Kier alpha value is -2.03. The lowest BCUT2D eigenvalue weighted by atomic mass is 10.2. The molecule has 0 saturated carbocycles. The molecular weight excluding hydrogens is 322 g/mol. The molecule has 0 aliphatic carbocycles. The van der Waals surface area contributed by atoms with E-state index in [0.29, 0.717) is 9.23 Å². The number of hydrazine groups is 1. The molecule has 0 radical (unpaired) electrons. The van der Waals surface area contributed by atoms with Crippen molar-refractivity contribution in [2.75, 3.05) is 14.1 Å². The first kappa shape index (κ1) is 16.3. The fourth-order valence-corrected chi connectivity index (χ4v) is 3.13. The molecule has 22 heavy (non-hydrogen) atoms. The van der Waals surface area contributed by atoms with E-state index < -0.39 is 4.92 Å². The van der Waals surface area contributed by atoms with Crippen molar-refractivity contribution in [2.24, 2.45) is 0 Å². The maximum absolute atomic E-state index is 12.1. The molecule has 6 nitrogen and oxygen atoms in total. The first-order chi connectivity index (χ1) is 10.4. The molecule has 1 fully saturated rings. The van der Waals surface area contributed by atoms with Gasteiger partial charge in [-0.05, 0) is 23.8 Å². The summed E-state index contributed by atoms with van der Waals surface area (Å²) in [5.74, 6) is -0.159. The Labute approximate surface area is 137 Å². The number of carbonyl (C=O) groups excluding carboxylic acids is 1. The van der Waals surface area contributed by atoms with Gasteiger partial charge in [0.25, 0.3) is 11.6 Å². The zero-order valence-corrected chi connectivity index (χ0v) is 13.6. The molecule has 8 heteroatoms. The van der Waals surface area contributed by atoms with Crippen molar-refractivity contribution >= 4 is 46.0 Å². The lowest BCUT2D eigenvalue weighted by Crippen LogP contribution is -2.39. The van der Waals surface area contributed by atoms with Crippen LogP contribution in [0, 0.1) is 10.1 Å². The summed E-state index contributed by atoms with van der Waals surface area (Å²) in [4.78, 5) is 22.8. The van der Waals surface area contributed by atoms with Crippen molar-refractivity contribution in [2.45, 2.75) is 0 Å². The third-order valence-electron chi connectivity index (χ3n) is 2.81. The molecule has 0 bridgehead atoms. The summed E-state index contributed by atoms with van der Waals surface area (Å²) in [6.07, 6.45) is 5.18. The molecule has 1 heterocycles. The number of hydrogen-bond acceptors (Lipinski definition) is 6. The zero-order chi connectivity index (χ0) is 16.3. The maximum atomic E-state index is 12.1. The third kappa shape index (κ3) is 3.59. The number of nitro benzene ring substituents is 1. The average Bonchev–Trinajstić information content (AvgIpc) is 2.74. The van der Waals surface area contributed by atoms with Gasteiger partial charge in [0.05, 0.1) is 9.83 Å². The molecule has 2 rings (SSSR count). The van der Waals surface area contributed by atoms with Crippen LogP contribution in [0.5, 0.6) is 0 Å². The van der Waals surface area contributed by atoms with Crippen LogP contribution in [0.3, 0.4) is 0 Å². The minimum atomic E-state index is -0.444. The van der Waals surface area contributed by atoms with Gasteiger partial charge in [0.1, 0.15) is 0 Å². The molecule has 1 aromatic rings. The SMILES string of the molecule is CN(C)N1C(=O)/C(=C\C=C\c2ccc([N+](=O)[O-])cc2)SC1=S. The van der Waals surface area contributed by atoms with Gasteiger partial charge in [-0.3, -0.25) is 14.9 Å². The van der Waals surface area contributed by atoms with Gasteiger partial charge in [0.15, 0.2) is 4.32 Å². The number of rotatable bonds is 4. The first-order valence-corrected chi connectivity index (χ1v) is 7.49. The Bertz CT molecular complexity index is 681. The smallest absolute Gasteiger partial charge is 0.267 e. The van der Waals surface area contributed by atoms with Crippen molar-refractivity contribution in [3.63, 3.8) is 0 Å². The number of allylic oxidation sites excluding steroid dienone is 2. The number of thiocarbonyl (C=S) groups is 1. The highest BCUT2D eigenvalue weighted by atomic mass is 32.2. The summed E-state index contributed by atoms with van der Waals surface area (Å²) in [5, 5.41) is 13.6. The molecule has 1 saturated heterocycles. The van der Waals surface area contributed by atoms with Gasteiger partial charge in [-0.25, -0.2) is 10.0 Å². The summed E-state index contributed by atoms with van der Waals surface area (Å²) < 4.78 is 0.491. The van der Waals surface area contributed by atoms with Crippen LogP contribution in [-0.4, -0.2) is 39.3 Å². The molecule has 0 unspecified atom stereocenters. The van der Waals surface area contributed by atoms with Gasteiger partial charge >= 0.3 is 0 Å². The molecule has 1 aromatic carbocycles. The van der Waals surface area contributed by atoms with E-state index in [1.165, 1.54) is 28.9 Å². The highest BCUT2D eigenvalue weighted by Crippen LogP contribution is 2.31. The van der Waals surface area contributed by atoms with Crippen LogP contribution in [-0.2, 0) is 4.79 Å². The van der Waals surface area contributed by atoms with Crippen LogP contribution in [0.1, 0.15) is 5.56 Å². The minimum absolute atomic E-state index is 0.0454. The van der Waals surface area contributed by atoms with Crippen LogP contribution in [0.2, 0.25) is 0 Å². The number of nitrogens with zero attached hydrogens (tertiary/aromatic N) is 3. The molecule has 0 spiro atoms. The predicted octanol–water partition coefficient (Wildman–Crippen LogP) is 2.83. The largest absolute Gasteiger partial charge is 0.280 e. The fourth-order valence-electron chi connectivity index (χ4n) is 1.77. The molecule has 114 valence electrons. The van der Waals surface area contributed by atoms with Gasteiger partial charge in [-0.2, -0.15) is 0 Å². The monoisotopic (exact) mass is 335 g/mol. The molecule has 1 aliphatic rings. The zero-order valence-electron chi connectivity index (χ0n) is 11.9. The van der Waals surface area contributed by atoms with Crippen LogP contribution in [0.4, 0.5) is 5.69 Å². The van der Waals surface area contributed by atoms with Crippen molar-refractivity contribution in [3.05, 3.63) is 57.0 Å². The summed E-state index contributed by atoms with van der Waals surface area (Å²) >= 11 is 6.39. The van der Waals surface area contributed by atoms with E-state index in [4.69, 9.17) is 12.2 Å². The lowest BCUT2D eigenvalue weighted by Gasteiger charge is -2.21. The van der Waals surface area contributed by atoms with Crippen molar-refractivity contribution < 1.29 is 9.72 Å². The number of nitro groups is 1. The predicted molar refractivity (Wildman–Crippen MR) is 90.9 cm³/mol. The standard InChI is InChI=1S/C14H13N3O3S2/c1-15(2)16-13(18)12(22-14(16)21)5-3-4-10-6-8-11(9-7-10)17(19)20/h3-9H,1-2H3/b4-3+,12-5+. The van der Waals surface area contributed by atoms with Crippen LogP contribution >= 0.6 is 24.0 Å². The highest BCUT2D eigenvalue weighted by Gasteiger charge is 2.33. The third-order valence-corrected chi connectivity index (χ3v) is 4.11. The normalized spacial score (nSPS) is 17.2. The number of non-ortho nitro benzene ring substituents is 1. The summed E-state index contributed by atoms with van der Waals surface area (Å²) in [6.45, 7) is 0. The average molecular weight is 335 g/mol. The van der Waals surface area contributed by atoms with E-state index in [-0.39, 0.29) is 11.6 Å². The van der Waals surface area contributed by atoms with E-state index in [9.17, 15) is 14.9 Å². The summed E-state index contributed by atoms with van der Waals surface area (Å²) in [6, 6.07) is 6.16. The molecule has 0 aromatic heterocycles. The van der Waals surface area contributed by atoms with E-state index in [1.54, 1.807) is 49.5 Å². The maximum Gasteiger partial charge on any atom is 0.280 e. The molecule has 1 aliphatic heterocycles. The second-order valence-electron chi connectivity index (χ2n) is 4.57. The second-order valence-corrected chi connectivity index (χ2v) is 6.25. The molecule has 1 amide bonds. The van der Waals surface area contributed by atoms with Gasteiger partial charge in [-0.1, -0.05) is 36.1 Å². The van der Waals surface area contributed by atoms with E-state index >= 15 is 0 Å². The molecule has 0 N–H and O–H groups in total. The topological polar surface area (TPSA) is 66.7 Å². The van der Waals surface area contributed by atoms with Gasteiger partial charge in [0, 0.05) is 26.2 Å². The quantitative estimate of drug-likeness (QED) is 0.365. The highest BCUT2D eigenvalue weighted by molar-refractivity contribution is 8.26. The second kappa shape index (κ2) is 6.82. The first-order valence-electron chi connectivity index (χ1n) is 6.26. The van der Waals surface area contributed by atoms with Crippen LogP contribution in [0.25, 0.3) is 6.08 Å². The molecular formula is C14H13N3O3S2. The van der Waals surface area contributed by atoms with Crippen molar-refractivity contribution in [3.8, 4) is 0 Å². The number of amides is 1. The summed E-state index contributed by atoms with van der Waals surface area (Å²) in [7, 11) is 3.50. The Kier molecular flexibility index (Phi) is 5.07. The van der Waals surface area contributed by atoms with Gasteiger partial charge < -0.3 is 0 Å². The van der Waals surface area contributed by atoms with Gasteiger partial charge in [0.2, 0.25) is 0 Å². The number of carbonyl (C=O) groups is 1. The minimum Gasteiger partial charge on any atom is -0.267 e. The van der Waals surface area contributed by atoms with E-state index in [2.05, 4.69) is 0 Å². The Morgan fingerprint density at radius 2 is 1.95 bits per heavy atom. The fraction of sp³-hybridized carbons (Fsp3) is 0.143. The van der Waals surface area contributed by atoms with E-state index in [0.717, 1.165) is 5.56 Å². The van der Waals surface area contributed by atoms with Crippen LogP contribution < -0.4 is 0 Å². The Morgan fingerprint density at radius 3 is 2.45 bits per heavy atom. The van der Waals surface area contributed by atoms with Crippen molar-refractivity contribution in [1.29, 1.82) is 0 Å². The van der Waals surface area contributed by atoms with Gasteiger partial charge in [-0.15, -0.1) is 0 Å². The lowest BCUT2D eigenvalue weighted by molar-refractivity contribution is -0.384. The van der Waals surface area contributed by atoms with Crippen molar-refractivity contribution in [1.82, 2.24) is 10.0 Å². The Morgan fingerprint density at radius 1 is 1.32 bits per heavy atom. The Balaban J connectivity index is 2.10. The number of thioether (sulfide) groups is 1. The number of hydrogen-bond donors (Lipinski definition) is 0. The molecule has 0 atom stereocenters. The number of benzene rings is 1.